The van der Waals surface area contributed by atoms with E-state index in [1.54, 1.807) is 14.2 Å². The topological polar surface area (TPSA) is 63.2 Å². The van der Waals surface area contributed by atoms with Gasteiger partial charge in [0.05, 0.1) is 18.4 Å². The van der Waals surface area contributed by atoms with E-state index in [0.717, 1.165) is 23.6 Å². The van der Waals surface area contributed by atoms with Gasteiger partial charge in [-0.3, -0.25) is 4.79 Å². The quantitative estimate of drug-likeness (QED) is 0.861. The Labute approximate surface area is 136 Å². The average Bonchev–Trinajstić information content (AvgIpc) is 3.43. The molecule has 0 bridgehead atoms. The molecule has 1 aromatic carbocycles. The number of hydrogen-bond acceptors (Lipinski definition) is 4. The molecule has 1 aliphatic carbocycles. The Morgan fingerprint density at radius 3 is 2.74 bits per heavy atom. The second kappa shape index (κ2) is 6.69. The molecule has 0 radical (unpaired) electrons. The monoisotopic (exact) mass is 311 g/mol. The van der Waals surface area contributed by atoms with Gasteiger partial charge in [-0.1, -0.05) is 12.1 Å². The van der Waals surface area contributed by atoms with Crippen LogP contribution < -0.4 is 15.4 Å². The molecule has 0 spiro atoms. The van der Waals surface area contributed by atoms with E-state index in [2.05, 4.69) is 15.6 Å². The second-order valence-corrected chi connectivity index (χ2v) is 5.70. The molecule has 0 atom stereocenters. The molecule has 3 rings (SSSR count). The molecule has 2 aromatic rings. The van der Waals surface area contributed by atoms with Crippen LogP contribution in [0.5, 0.6) is 5.75 Å². The van der Waals surface area contributed by atoms with Crippen LogP contribution in [0, 0.1) is 5.92 Å². The van der Waals surface area contributed by atoms with Gasteiger partial charge in [-0.25, -0.2) is 4.98 Å². The molecule has 1 aliphatic rings. The van der Waals surface area contributed by atoms with Crippen LogP contribution in [0.1, 0.15) is 23.2 Å². The first-order valence-corrected chi connectivity index (χ1v) is 7.83. The summed E-state index contributed by atoms with van der Waals surface area (Å²) in [5.41, 5.74) is 2.26. The highest BCUT2D eigenvalue weighted by atomic mass is 16.5. The molecule has 0 aliphatic heterocycles. The van der Waals surface area contributed by atoms with Crippen LogP contribution in [-0.2, 0) is 0 Å². The summed E-state index contributed by atoms with van der Waals surface area (Å²) in [5.74, 6) is 1.95. The first kappa shape index (κ1) is 15.3. The summed E-state index contributed by atoms with van der Waals surface area (Å²) in [6, 6.07) is 11.4. The lowest BCUT2D eigenvalue weighted by Gasteiger charge is -2.13. The summed E-state index contributed by atoms with van der Waals surface area (Å²) >= 11 is 0. The predicted molar refractivity (Wildman–Crippen MR) is 90.8 cm³/mol. The third kappa shape index (κ3) is 3.44. The number of nitrogens with zero attached hydrogens (tertiary/aromatic N) is 1. The fourth-order valence-corrected chi connectivity index (χ4v) is 2.48. The Hall–Kier alpha value is -2.56. The fraction of sp³-hybridized carbons (Fsp3) is 0.333. The van der Waals surface area contributed by atoms with Gasteiger partial charge >= 0.3 is 0 Å². The van der Waals surface area contributed by atoms with Gasteiger partial charge in [-0.2, -0.15) is 0 Å². The zero-order valence-corrected chi connectivity index (χ0v) is 13.4. The van der Waals surface area contributed by atoms with Crippen molar-refractivity contribution in [3.8, 4) is 17.0 Å². The Morgan fingerprint density at radius 1 is 1.26 bits per heavy atom. The van der Waals surface area contributed by atoms with Crippen LogP contribution in [0.15, 0.2) is 36.4 Å². The van der Waals surface area contributed by atoms with Gasteiger partial charge in [0.1, 0.15) is 11.6 Å². The zero-order chi connectivity index (χ0) is 16.2. The van der Waals surface area contributed by atoms with E-state index in [-0.39, 0.29) is 5.91 Å². The second-order valence-electron chi connectivity index (χ2n) is 5.70. The van der Waals surface area contributed by atoms with Crippen LogP contribution in [-0.4, -0.2) is 31.6 Å². The summed E-state index contributed by atoms with van der Waals surface area (Å²) in [7, 11) is 3.27. The fourth-order valence-electron chi connectivity index (χ4n) is 2.48. The molecular weight excluding hydrogens is 290 g/mol. The van der Waals surface area contributed by atoms with Gasteiger partial charge in [0.2, 0.25) is 0 Å². The Bertz CT molecular complexity index is 711. The number of nitrogens with one attached hydrogen (secondary N) is 2. The number of pyridine rings is 1. The Balaban J connectivity index is 1.97. The minimum absolute atomic E-state index is 0.137. The van der Waals surface area contributed by atoms with Gasteiger partial charge in [0.15, 0.2) is 0 Å². The molecule has 1 heterocycles. The number of anilines is 1. The third-order valence-electron chi connectivity index (χ3n) is 4.00. The highest BCUT2D eigenvalue weighted by molar-refractivity contribution is 5.99. The number of ether oxygens (including phenoxy) is 1. The van der Waals surface area contributed by atoms with E-state index in [1.807, 2.05) is 36.4 Å². The van der Waals surface area contributed by atoms with E-state index >= 15 is 0 Å². The largest absolute Gasteiger partial charge is 0.496 e. The first-order valence-electron chi connectivity index (χ1n) is 7.83. The van der Waals surface area contributed by atoms with Crippen molar-refractivity contribution in [3.63, 3.8) is 0 Å². The summed E-state index contributed by atoms with van der Waals surface area (Å²) < 4.78 is 5.41. The maximum Gasteiger partial charge on any atom is 0.254 e. The maximum atomic E-state index is 12.0. The van der Waals surface area contributed by atoms with Crippen molar-refractivity contribution in [2.75, 3.05) is 26.0 Å². The number of amides is 1. The number of rotatable bonds is 6. The van der Waals surface area contributed by atoms with Crippen LogP contribution in [0.25, 0.3) is 11.3 Å². The zero-order valence-electron chi connectivity index (χ0n) is 13.4. The molecular formula is C18H21N3O2. The minimum Gasteiger partial charge on any atom is -0.496 e. The number of benzene rings is 1. The number of carbonyl (C=O) groups is 1. The lowest BCUT2D eigenvalue weighted by molar-refractivity contribution is 0.0963. The first-order chi connectivity index (χ1) is 11.2. The highest BCUT2D eigenvalue weighted by Crippen LogP contribution is 2.32. The normalized spacial score (nSPS) is 13.5. The smallest absolute Gasteiger partial charge is 0.254 e. The number of aromatic nitrogens is 1. The van der Waals surface area contributed by atoms with E-state index in [0.29, 0.717) is 17.3 Å². The van der Waals surface area contributed by atoms with E-state index in [1.165, 1.54) is 12.8 Å². The van der Waals surface area contributed by atoms with Crippen LogP contribution in [0.4, 0.5) is 5.82 Å². The molecule has 120 valence electrons. The van der Waals surface area contributed by atoms with E-state index in [4.69, 9.17) is 4.74 Å². The van der Waals surface area contributed by atoms with Gasteiger partial charge in [0.25, 0.3) is 5.91 Å². The molecule has 5 heteroatoms. The molecule has 0 unspecified atom stereocenters. The molecule has 1 fully saturated rings. The highest BCUT2D eigenvalue weighted by Gasteiger charge is 2.22. The summed E-state index contributed by atoms with van der Waals surface area (Å²) in [4.78, 5) is 16.7. The van der Waals surface area contributed by atoms with Crippen LogP contribution >= 0.6 is 0 Å². The maximum absolute atomic E-state index is 12.0. The number of methoxy groups -OCH3 is 1. The van der Waals surface area contributed by atoms with Gasteiger partial charge in [-0.05, 0) is 43.0 Å². The van der Waals surface area contributed by atoms with Gasteiger partial charge in [-0.15, -0.1) is 0 Å². The minimum atomic E-state index is -0.137. The average molecular weight is 311 g/mol. The van der Waals surface area contributed by atoms with Crippen molar-refractivity contribution in [2.24, 2.45) is 5.92 Å². The molecule has 0 saturated heterocycles. The molecule has 1 aromatic heterocycles. The summed E-state index contributed by atoms with van der Waals surface area (Å²) in [5, 5.41) is 5.99. The Morgan fingerprint density at radius 2 is 2.04 bits per heavy atom. The van der Waals surface area contributed by atoms with Crippen LogP contribution in [0.2, 0.25) is 0 Å². The van der Waals surface area contributed by atoms with E-state index < -0.39 is 0 Å². The van der Waals surface area contributed by atoms with Crippen molar-refractivity contribution >= 4 is 11.7 Å². The number of para-hydroxylation sites is 1. The number of carbonyl (C=O) groups excluding carboxylic acids is 1. The van der Waals surface area contributed by atoms with Crippen LogP contribution in [0.3, 0.4) is 0 Å². The van der Waals surface area contributed by atoms with Crippen molar-refractivity contribution < 1.29 is 9.53 Å². The molecule has 23 heavy (non-hydrogen) atoms. The summed E-state index contributed by atoms with van der Waals surface area (Å²) in [6.07, 6.45) is 2.49. The molecule has 5 nitrogen and oxygen atoms in total. The van der Waals surface area contributed by atoms with Crippen molar-refractivity contribution in [1.82, 2.24) is 10.3 Å². The molecule has 2 N–H and O–H groups in total. The predicted octanol–water partition coefficient (Wildman–Crippen LogP) is 2.94. The van der Waals surface area contributed by atoms with Crippen molar-refractivity contribution in [2.45, 2.75) is 12.8 Å². The Kier molecular flexibility index (Phi) is 4.46. The lowest BCUT2D eigenvalue weighted by atomic mass is 10.1. The van der Waals surface area contributed by atoms with Crippen molar-refractivity contribution in [1.29, 1.82) is 0 Å². The van der Waals surface area contributed by atoms with Crippen molar-refractivity contribution in [3.05, 3.63) is 42.0 Å². The molecule has 1 saturated carbocycles. The molecule has 1 amide bonds. The summed E-state index contributed by atoms with van der Waals surface area (Å²) in [6.45, 7) is 0.854. The SMILES string of the molecule is CNC(=O)c1ccc(-c2ccccc2OC)nc1NCC1CC1. The standard InChI is InChI=1S/C18H21N3O2/c1-19-18(22)14-9-10-15(13-5-3-4-6-16(13)23-2)21-17(14)20-11-12-7-8-12/h3-6,9-10,12H,7-8,11H2,1-2H3,(H,19,22)(H,20,21). The lowest BCUT2D eigenvalue weighted by Crippen LogP contribution is -2.21. The number of hydrogen-bond donors (Lipinski definition) is 2. The van der Waals surface area contributed by atoms with E-state index in [9.17, 15) is 4.79 Å². The third-order valence-corrected chi connectivity index (χ3v) is 4.00. The van der Waals surface area contributed by atoms with Gasteiger partial charge < -0.3 is 15.4 Å². The van der Waals surface area contributed by atoms with Gasteiger partial charge in [0, 0.05) is 19.2 Å².